The number of hydrogen-bond acceptors (Lipinski definition) is 3. The number of carbonyl (C=O) groups excluding carboxylic acids is 1. The van der Waals surface area contributed by atoms with Crippen LogP contribution in [0.1, 0.15) is 47.8 Å². The molecule has 2 rings (SSSR count). The summed E-state index contributed by atoms with van der Waals surface area (Å²) in [5, 5.41) is 2.92. The Hall–Kier alpha value is -2.40. The Morgan fingerprint density at radius 1 is 1.20 bits per heavy atom. The van der Waals surface area contributed by atoms with E-state index in [0.717, 1.165) is 17.5 Å². The summed E-state index contributed by atoms with van der Waals surface area (Å²) in [6.07, 6.45) is 0.928. The van der Waals surface area contributed by atoms with Gasteiger partial charge in [0.1, 0.15) is 11.6 Å². The van der Waals surface area contributed by atoms with Crippen molar-refractivity contribution in [2.24, 2.45) is 0 Å². The van der Waals surface area contributed by atoms with Gasteiger partial charge in [0.25, 0.3) is 5.91 Å². The van der Waals surface area contributed by atoms with E-state index in [9.17, 15) is 9.18 Å². The van der Waals surface area contributed by atoms with Gasteiger partial charge >= 0.3 is 0 Å². The second-order valence-electron chi connectivity index (χ2n) is 5.83. The fourth-order valence-corrected chi connectivity index (χ4v) is 2.47. The van der Waals surface area contributed by atoms with Gasteiger partial charge in [0, 0.05) is 17.7 Å². The standard InChI is InChI=1S/C20H24FNO3/c1-4-11-25-13-17-12-16(7-10-19(17)24-3)20(23)22-14(2)15-5-8-18(21)9-6-15/h5-10,12,14H,4,11,13H2,1-3H3,(H,22,23)/t14-/m0/s1. The van der Waals surface area contributed by atoms with Crippen molar-refractivity contribution in [1.82, 2.24) is 5.32 Å². The fraction of sp³-hybridized carbons (Fsp3) is 0.350. The largest absolute Gasteiger partial charge is 0.496 e. The minimum absolute atomic E-state index is 0.198. The van der Waals surface area contributed by atoms with Gasteiger partial charge in [0.05, 0.1) is 19.8 Å². The van der Waals surface area contributed by atoms with E-state index >= 15 is 0 Å². The lowest BCUT2D eigenvalue weighted by Gasteiger charge is -2.16. The molecule has 1 atom stereocenters. The van der Waals surface area contributed by atoms with E-state index in [0.29, 0.717) is 24.5 Å². The third-order valence-electron chi connectivity index (χ3n) is 3.87. The Labute approximate surface area is 148 Å². The van der Waals surface area contributed by atoms with E-state index in [4.69, 9.17) is 9.47 Å². The molecule has 0 unspecified atom stereocenters. The number of halogens is 1. The van der Waals surface area contributed by atoms with Crippen LogP contribution < -0.4 is 10.1 Å². The average Bonchev–Trinajstić information content (AvgIpc) is 2.62. The highest BCUT2D eigenvalue weighted by atomic mass is 19.1. The normalized spacial score (nSPS) is 11.8. The summed E-state index contributed by atoms with van der Waals surface area (Å²) in [6, 6.07) is 11.1. The van der Waals surface area contributed by atoms with E-state index in [1.165, 1.54) is 12.1 Å². The molecule has 0 bridgehead atoms. The lowest BCUT2D eigenvalue weighted by molar-refractivity contribution is 0.0939. The number of benzene rings is 2. The van der Waals surface area contributed by atoms with Crippen LogP contribution in [-0.4, -0.2) is 19.6 Å². The molecule has 1 N–H and O–H groups in total. The second kappa shape index (κ2) is 9.18. The molecular formula is C20H24FNO3. The minimum Gasteiger partial charge on any atom is -0.496 e. The van der Waals surface area contributed by atoms with Crippen LogP contribution in [-0.2, 0) is 11.3 Å². The van der Waals surface area contributed by atoms with Crippen LogP contribution in [0.3, 0.4) is 0 Å². The first-order valence-electron chi connectivity index (χ1n) is 8.36. The smallest absolute Gasteiger partial charge is 0.251 e. The first-order chi connectivity index (χ1) is 12.0. The summed E-state index contributed by atoms with van der Waals surface area (Å²) in [6.45, 7) is 4.95. The molecule has 0 saturated carbocycles. The zero-order valence-electron chi connectivity index (χ0n) is 14.8. The van der Waals surface area contributed by atoms with Gasteiger partial charge in [-0.2, -0.15) is 0 Å². The van der Waals surface area contributed by atoms with Gasteiger partial charge in [-0.3, -0.25) is 4.79 Å². The molecule has 4 nitrogen and oxygen atoms in total. The maximum absolute atomic E-state index is 13.0. The third kappa shape index (κ3) is 5.29. The number of methoxy groups -OCH3 is 1. The number of rotatable bonds is 8. The number of carbonyl (C=O) groups is 1. The van der Waals surface area contributed by atoms with Crippen molar-refractivity contribution >= 4 is 5.91 Å². The summed E-state index contributed by atoms with van der Waals surface area (Å²) >= 11 is 0. The summed E-state index contributed by atoms with van der Waals surface area (Å²) < 4.78 is 23.9. The molecule has 1 amide bonds. The molecule has 0 aromatic heterocycles. The molecule has 0 saturated heterocycles. The van der Waals surface area contributed by atoms with Crippen LogP contribution in [0.25, 0.3) is 0 Å². The van der Waals surface area contributed by atoms with Gasteiger partial charge in [-0.15, -0.1) is 0 Å². The van der Waals surface area contributed by atoms with Crippen molar-refractivity contribution in [2.75, 3.05) is 13.7 Å². The molecule has 25 heavy (non-hydrogen) atoms. The Morgan fingerprint density at radius 2 is 1.92 bits per heavy atom. The summed E-state index contributed by atoms with van der Waals surface area (Å²) in [5.74, 6) is 0.199. The quantitative estimate of drug-likeness (QED) is 0.728. The van der Waals surface area contributed by atoms with Crippen LogP contribution in [0.4, 0.5) is 4.39 Å². The molecule has 0 aliphatic carbocycles. The van der Waals surface area contributed by atoms with Crippen LogP contribution in [0.2, 0.25) is 0 Å². The first-order valence-corrected chi connectivity index (χ1v) is 8.36. The number of ether oxygens (including phenoxy) is 2. The van der Waals surface area contributed by atoms with Crippen molar-refractivity contribution in [3.8, 4) is 5.75 Å². The maximum Gasteiger partial charge on any atom is 0.251 e. The van der Waals surface area contributed by atoms with Crippen molar-refractivity contribution in [3.63, 3.8) is 0 Å². The molecule has 0 radical (unpaired) electrons. The van der Waals surface area contributed by atoms with Crippen LogP contribution in [0.5, 0.6) is 5.75 Å². The van der Waals surface area contributed by atoms with Crippen LogP contribution >= 0.6 is 0 Å². The van der Waals surface area contributed by atoms with Crippen molar-refractivity contribution < 1.29 is 18.7 Å². The highest BCUT2D eigenvalue weighted by molar-refractivity contribution is 5.94. The molecule has 0 fully saturated rings. The van der Waals surface area contributed by atoms with Crippen molar-refractivity contribution in [1.29, 1.82) is 0 Å². The Balaban J connectivity index is 2.09. The van der Waals surface area contributed by atoms with Crippen molar-refractivity contribution in [2.45, 2.75) is 32.9 Å². The Bertz CT molecular complexity index is 701. The van der Waals surface area contributed by atoms with Gasteiger partial charge in [-0.25, -0.2) is 4.39 Å². The van der Waals surface area contributed by atoms with E-state index in [1.54, 1.807) is 37.4 Å². The lowest BCUT2D eigenvalue weighted by Crippen LogP contribution is -2.26. The van der Waals surface area contributed by atoms with E-state index < -0.39 is 0 Å². The van der Waals surface area contributed by atoms with Gasteiger partial charge < -0.3 is 14.8 Å². The molecule has 134 valence electrons. The van der Waals surface area contributed by atoms with E-state index in [1.807, 2.05) is 13.8 Å². The van der Waals surface area contributed by atoms with Crippen LogP contribution in [0.15, 0.2) is 42.5 Å². The molecule has 2 aromatic carbocycles. The molecule has 5 heteroatoms. The molecule has 0 aliphatic rings. The molecule has 2 aromatic rings. The predicted molar refractivity (Wildman–Crippen MR) is 95.2 cm³/mol. The highest BCUT2D eigenvalue weighted by Gasteiger charge is 2.14. The monoisotopic (exact) mass is 345 g/mol. The lowest BCUT2D eigenvalue weighted by atomic mass is 10.1. The minimum atomic E-state index is -0.297. The summed E-state index contributed by atoms with van der Waals surface area (Å²) in [7, 11) is 1.59. The zero-order valence-corrected chi connectivity index (χ0v) is 14.8. The maximum atomic E-state index is 13.0. The Kier molecular flexibility index (Phi) is 6.95. The van der Waals surface area contributed by atoms with Gasteiger partial charge in [0.15, 0.2) is 0 Å². The van der Waals surface area contributed by atoms with Gasteiger partial charge in [0.2, 0.25) is 0 Å². The van der Waals surface area contributed by atoms with E-state index in [2.05, 4.69) is 5.32 Å². The SMILES string of the molecule is CCCOCc1cc(C(=O)N[C@@H](C)c2ccc(F)cc2)ccc1OC. The van der Waals surface area contributed by atoms with E-state index in [-0.39, 0.29) is 17.8 Å². The summed E-state index contributed by atoms with van der Waals surface area (Å²) in [5.41, 5.74) is 2.21. The zero-order chi connectivity index (χ0) is 18.2. The number of hydrogen-bond donors (Lipinski definition) is 1. The molecule has 0 heterocycles. The third-order valence-corrected chi connectivity index (χ3v) is 3.87. The fourth-order valence-electron chi connectivity index (χ4n) is 2.47. The summed E-state index contributed by atoms with van der Waals surface area (Å²) in [4.78, 5) is 12.5. The predicted octanol–water partition coefficient (Wildman–Crippen LogP) is 4.25. The highest BCUT2D eigenvalue weighted by Crippen LogP contribution is 2.22. The van der Waals surface area contributed by atoms with Gasteiger partial charge in [-0.1, -0.05) is 19.1 Å². The van der Waals surface area contributed by atoms with Crippen molar-refractivity contribution in [3.05, 3.63) is 65.0 Å². The molecule has 0 aliphatic heterocycles. The average molecular weight is 345 g/mol. The number of amides is 1. The molecular weight excluding hydrogens is 321 g/mol. The number of nitrogens with one attached hydrogen (secondary N) is 1. The second-order valence-corrected chi connectivity index (χ2v) is 5.83. The Morgan fingerprint density at radius 3 is 2.56 bits per heavy atom. The van der Waals surface area contributed by atoms with Gasteiger partial charge in [-0.05, 0) is 49.2 Å². The first kappa shape index (κ1) is 18.9. The van der Waals surface area contributed by atoms with Crippen LogP contribution in [0, 0.1) is 5.82 Å². The molecule has 0 spiro atoms. The topological polar surface area (TPSA) is 47.6 Å².